The molecule has 2 aliphatic rings. The van der Waals surface area contributed by atoms with E-state index in [1.165, 1.54) is 12.8 Å². The molecule has 1 saturated heterocycles. The molecule has 1 heterocycles. The van der Waals surface area contributed by atoms with Crippen LogP contribution in [-0.4, -0.2) is 42.7 Å². The SMILES string of the molecule is O=C(COc1ccccc1)N1CCO[C@H]2CCCC[C@H]21. The first-order valence-corrected chi connectivity index (χ1v) is 7.43. The summed E-state index contributed by atoms with van der Waals surface area (Å²) in [4.78, 5) is 14.3. The molecule has 0 aromatic heterocycles. The number of fused-ring (bicyclic) bond motifs is 1. The Kier molecular flexibility index (Phi) is 4.21. The van der Waals surface area contributed by atoms with Gasteiger partial charge in [-0.3, -0.25) is 4.79 Å². The highest BCUT2D eigenvalue weighted by Gasteiger charge is 2.36. The van der Waals surface area contributed by atoms with Gasteiger partial charge in [0.25, 0.3) is 5.91 Å². The third-order valence-corrected chi connectivity index (χ3v) is 4.16. The quantitative estimate of drug-likeness (QED) is 0.849. The Bertz CT molecular complexity index is 446. The molecule has 1 aliphatic carbocycles. The molecule has 4 heteroatoms. The summed E-state index contributed by atoms with van der Waals surface area (Å²) in [5.74, 6) is 0.823. The minimum absolute atomic E-state index is 0.0778. The third-order valence-electron chi connectivity index (χ3n) is 4.16. The molecule has 1 aliphatic heterocycles. The van der Waals surface area contributed by atoms with E-state index < -0.39 is 0 Å². The van der Waals surface area contributed by atoms with Gasteiger partial charge in [0.05, 0.1) is 18.8 Å². The molecule has 0 bridgehead atoms. The van der Waals surface area contributed by atoms with E-state index in [-0.39, 0.29) is 24.7 Å². The van der Waals surface area contributed by atoms with Crippen LogP contribution in [0.3, 0.4) is 0 Å². The summed E-state index contributed by atoms with van der Waals surface area (Å²) in [5.41, 5.74) is 0. The summed E-state index contributed by atoms with van der Waals surface area (Å²) in [6.07, 6.45) is 4.77. The lowest BCUT2D eigenvalue weighted by Crippen LogP contribution is -2.55. The fourth-order valence-electron chi connectivity index (χ4n) is 3.15. The highest BCUT2D eigenvalue weighted by atomic mass is 16.5. The fraction of sp³-hybridized carbons (Fsp3) is 0.562. The van der Waals surface area contributed by atoms with Crippen molar-refractivity contribution >= 4 is 5.91 Å². The van der Waals surface area contributed by atoms with Crippen LogP contribution >= 0.6 is 0 Å². The van der Waals surface area contributed by atoms with E-state index in [0.29, 0.717) is 13.2 Å². The number of para-hydroxylation sites is 1. The van der Waals surface area contributed by atoms with E-state index in [2.05, 4.69) is 0 Å². The van der Waals surface area contributed by atoms with Gasteiger partial charge in [-0.2, -0.15) is 0 Å². The zero-order valence-corrected chi connectivity index (χ0v) is 11.7. The number of ether oxygens (including phenoxy) is 2. The topological polar surface area (TPSA) is 38.8 Å². The molecule has 4 nitrogen and oxygen atoms in total. The van der Waals surface area contributed by atoms with Crippen molar-refractivity contribution in [3.63, 3.8) is 0 Å². The summed E-state index contributed by atoms with van der Waals surface area (Å²) in [6.45, 7) is 1.46. The van der Waals surface area contributed by atoms with Crippen LogP contribution in [0.25, 0.3) is 0 Å². The number of benzene rings is 1. The Morgan fingerprint density at radius 1 is 1.25 bits per heavy atom. The molecule has 0 N–H and O–H groups in total. The van der Waals surface area contributed by atoms with E-state index >= 15 is 0 Å². The number of amides is 1. The van der Waals surface area contributed by atoms with Crippen molar-refractivity contribution in [2.75, 3.05) is 19.8 Å². The van der Waals surface area contributed by atoms with E-state index in [1.54, 1.807) is 0 Å². The van der Waals surface area contributed by atoms with Crippen molar-refractivity contribution in [3.05, 3.63) is 30.3 Å². The lowest BCUT2D eigenvalue weighted by molar-refractivity contribution is -0.151. The molecule has 1 aromatic rings. The fourth-order valence-corrected chi connectivity index (χ4v) is 3.15. The standard InChI is InChI=1S/C16H21NO3/c18-16(12-20-13-6-2-1-3-7-13)17-10-11-19-15-9-5-4-8-14(15)17/h1-3,6-7,14-15H,4-5,8-12H2/t14-,15+/m1/s1. The van der Waals surface area contributed by atoms with Gasteiger partial charge in [-0.05, 0) is 25.0 Å². The molecule has 2 atom stereocenters. The minimum Gasteiger partial charge on any atom is -0.484 e. The van der Waals surface area contributed by atoms with Gasteiger partial charge in [0.1, 0.15) is 5.75 Å². The highest BCUT2D eigenvalue weighted by Crippen LogP contribution is 2.28. The van der Waals surface area contributed by atoms with Crippen LogP contribution in [0.5, 0.6) is 5.75 Å². The summed E-state index contributed by atoms with van der Waals surface area (Å²) in [6, 6.07) is 9.75. The zero-order valence-electron chi connectivity index (χ0n) is 11.7. The summed E-state index contributed by atoms with van der Waals surface area (Å²) in [5, 5.41) is 0. The highest BCUT2D eigenvalue weighted by molar-refractivity contribution is 5.78. The van der Waals surface area contributed by atoms with Crippen LogP contribution in [-0.2, 0) is 9.53 Å². The van der Waals surface area contributed by atoms with Crippen LogP contribution in [0, 0.1) is 0 Å². The molecule has 1 amide bonds. The summed E-state index contributed by atoms with van der Waals surface area (Å²) < 4.78 is 11.4. The number of rotatable bonds is 3. The van der Waals surface area contributed by atoms with Crippen LogP contribution in [0.1, 0.15) is 25.7 Å². The Labute approximate surface area is 119 Å². The third kappa shape index (κ3) is 2.96. The van der Waals surface area contributed by atoms with Gasteiger partial charge in [-0.1, -0.05) is 31.0 Å². The molecular formula is C16H21NO3. The lowest BCUT2D eigenvalue weighted by atomic mass is 9.90. The van der Waals surface area contributed by atoms with Gasteiger partial charge in [-0.25, -0.2) is 0 Å². The predicted molar refractivity (Wildman–Crippen MR) is 75.6 cm³/mol. The van der Waals surface area contributed by atoms with Crippen molar-refractivity contribution in [1.82, 2.24) is 4.90 Å². The summed E-state index contributed by atoms with van der Waals surface area (Å²) in [7, 11) is 0. The lowest BCUT2D eigenvalue weighted by Gasteiger charge is -2.43. The second kappa shape index (κ2) is 6.27. The number of hydrogen-bond donors (Lipinski definition) is 0. The average Bonchev–Trinajstić information content (AvgIpc) is 2.53. The first kappa shape index (κ1) is 13.4. The van der Waals surface area contributed by atoms with E-state index in [9.17, 15) is 4.79 Å². The van der Waals surface area contributed by atoms with Gasteiger partial charge in [-0.15, -0.1) is 0 Å². The predicted octanol–water partition coefficient (Wildman–Crippen LogP) is 2.24. The monoisotopic (exact) mass is 275 g/mol. The van der Waals surface area contributed by atoms with Gasteiger partial charge in [0, 0.05) is 6.54 Å². The molecular weight excluding hydrogens is 254 g/mol. The Morgan fingerprint density at radius 3 is 2.90 bits per heavy atom. The zero-order chi connectivity index (χ0) is 13.8. The van der Waals surface area contributed by atoms with Crippen molar-refractivity contribution < 1.29 is 14.3 Å². The minimum atomic E-state index is 0.0778. The first-order chi connectivity index (χ1) is 9.84. The molecule has 3 rings (SSSR count). The average molecular weight is 275 g/mol. The van der Waals surface area contributed by atoms with Crippen molar-refractivity contribution in [1.29, 1.82) is 0 Å². The van der Waals surface area contributed by atoms with Crippen LogP contribution in [0.2, 0.25) is 0 Å². The van der Waals surface area contributed by atoms with Crippen molar-refractivity contribution in [2.24, 2.45) is 0 Å². The molecule has 2 fully saturated rings. The Morgan fingerprint density at radius 2 is 2.05 bits per heavy atom. The Balaban J connectivity index is 1.58. The number of carbonyl (C=O) groups is 1. The van der Waals surface area contributed by atoms with E-state index in [0.717, 1.165) is 18.6 Å². The van der Waals surface area contributed by atoms with Gasteiger partial charge < -0.3 is 14.4 Å². The van der Waals surface area contributed by atoms with Crippen LogP contribution < -0.4 is 4.74 Å². The largest absolute Gasteiger partial charge is 0.484 e. The van der Waals surface area contributed by atoms with Crippen molar-refractivity contribution in [2.45, 2.75) is 37.8 Å². The maximum absolute atomic E-state index is 12.4. The molecule has 108 valence electrons. The number of hydrogen-bond acceptors (Lipinski definition) is 3. The van der Waals surface area contributed by atoms with Gasteiger partial charge >= 0.3 is 0 Å². The maximum Gasteiger partial charge on any atom is 0.260 e. The molecule has 0 spiro atoms. The van der Waals surface area contributed by atoms with Crippen LogP contribution in [0.4, 0.5) is 0 Å². The first-order valence-electron chi connectivity index (χ1n) is 7.43. The maximum atomic E-state index is 12.4. The number of carbonyl (C=O) groups excluding carboxylic acids is 1. The molecule has 20 heavy (non-hydrogen) atoms. The Hall–Kier alpha value is -1.55. The van der Waals surface area contributed by atoms with Crippen LogP contribution in [0.15, 0.2) is 30.3 Å². The van der Waals surface area contributed by atoms with Crippen molar-refractivity contribution in [3.8, 4) is 5.75 Å². The normalized spacial score (nSPS) is 25.9. The summed E-state index contributed by atoms with van der Waals surface area (Å²) >= 11 is 0. The second-order valence-electron chi connectivity index (χ2n) is 5.45. The molecule has 0 unspecified atom stereocenters. The molecule has 0 radical (unpaired) electrons. The smallest absolute Gasteiger partial charge is 0.260 e. The van der Waals surface area contributed by atoms with E-state index in [1.807, 2.05) is 35.2 Å². The number of morpholine rings is 1. The second-order valence-corrected chi connectivity index (χ2v) is 5.45. The molecule has 1 saturated carbocycles. The van der Waals surface area contributed by atoms with E-state index in [4.69, 9.17) is 9.47 Å². The molecule has 1 aromatic carbocycles. The van der Waals surface area contributed by atoms with Gasteiger partial charge in [0.15, 0.2) is 6.61 Å². The number of nitrogens with zero attached hydrogens (tertiary/aromatic N) is 1. The van der Waals surface area contributed by atoms with Gasteiger partial charge in [0.2, 0.25) is 0 Å².